The first-order valence-electron chi connectivity index (χ1n) is 16.7. The van der Waals surface area contributed by atoms with E-state index in [9.17, 15) is 24.3 Å². The lowest BCUT2D eigenvalue weighted by atomic mass is 9.42. The van der Waals surface area contributed by atoms with Gasteiger partial charge in [-0.3, -0.25) is 19.2 Å². The Kier molecular flexibility index (Phi) is 10.1. The Hall–Kier alpha value is -2.70. The van der Waals surface area contributed by atoms with Crippen LogP contribution in [0.5, 0.6) is 0 Å². The fourth-order valence-electron chi connectivity index (χ4n) is 8.83. The van der Waals surface area contributed by atoms with Gasteiger partial charge in [-0.1, -0.05) is 20.3 Å². The summed E-state index contributed by atoms with van der Waals surface area (Å²) in [5, 5.41) is 9.34. The molecule has 0 aromatic rings. The second-order valence-electron chi connectivity index (χ2n) is 14.4. The van der Waals surface area contributed by atoms with Crippen molar-refractivity contribution in [3.63, 3.8) is 0 Å². The number of esters is 4. The summed E-state index contributed by atoms with van der Waals surface area (Å²) in [4.78, 5) is 50.0. The molecule has 1 N–H and O–H groups in total. The lowest BCUT2D eigenvalue weighted by Gasteiger charge is -2.64. The summed E-state index contributed by atoms with van der Waals surface area (Å²) < 4.78 is 41.2. The van der Waals surface area contributed by atoms with Crippen molar-refractivity contribution in [3.8, 4) is 0 Å². The summed E-state index contributed by atoms with van der Waals surface area (Å²) in [6, 6.07) is 0. The smallest absolute Gasteiger partial charge is 0.309 e. The molecule has 0 radical (unpaired) electrons. The zero-order chi connectivity index (χ0) is 33.4. The largest absolute Gasteiger partial charge is 0.472 e. The highest BCUT2D eigenvalue weighted by molar-refractivity contribution is 5.74. The highest BCUT2D eigenvalue weighted by atomic mass is 16.7. The number of aliphatic hydroxyl groups is 1. The summed E-state index contributed by atoms with van der Waals surface area (Å²) in [5.41, 5.74) is -1.69. The van der Waals surface area contributed by atoms with Crippen molar-refractivity contribution in [2.24, 2.45) is 28.6 Å². The molecule has 4 fully saturated rings. The Balaban J connectivity index is 1.28. The fourth-order valence-corrected chi connectivity index (χ4v) is 8.83. The minimum atomic E-state index is -0.847. The van der Waals surface area contributed by atoms with E-state index in [2.05, 4.69) is 19.9 Å². The van der Waals surface area contributed by atoms with Crippen LogP contribution in [-0.4, -0.2) is 84.6 Å². The van der Waals surface area contributed by atoms with Crippen LogP contribution >= 0.6 is 0 Å². The molecule has 46 heavy (non-hydrogen) atoms. The number of hydrogen-bond donors (Lipinski definition) is 1. The number of carbonyl (C=O) groups excluding carboxylic acids is 4. The first-order valence-corrected chi connectivity index (χ1v) is 16.7. The molecular formula is C34H50O12. The molecule has 3 heterocycles. The van der Waals surface area contributed by atoms with Crippen molar-refractivity contribution in [2.75, 3.05) is 13.2 Å². The second-order valence-corrected chi connectivity index (χ2v) is 14.4. The average molecular weight is 651 g/mol. The first kappa shape index (κ1) is 34.6. The van der Waals surface area contributed by atoms with Crippen LogP contribution in [0, 0.1) is 28.6 Å². The zero-order valence-corrected chi connectivity index (χ0v) is 27.9. The molecule has 2 aliphatic carbocycles. The van der Waals surface area contributed by atoms with Crippen LogP contribution in [0.15, 0.2) is 12.3 Å². The Morgan fingerprint density at radius 3 is 2.26 bits per heavy atom. The number of hydrogen-bond acceptors (Lipinski definition) is 12. The molecule has 12 heteroatoms. The Labute approximate surface area is 270 Å². The Morgan fingerprint density at radius 2 is 1.65 bits per heavy atom. The van der Waals surface area contributed by atoms with Gasteiger partial charge in [-0.25, -0.2) is 0 Å². The highest BCUT2D eigenvalue weighted by Crippen LogP contribution is 2.70. The van der Waals surface area contributed by atoms with E-state index in [0.29, 0.717) is 13.0 Å². The molecule has 258 valence electrons. The van der Waals surface area contributed by atoms with E-state index in [1.807, 2.05) is 0 Å². The molecule has 3 aliphatic heterocycles. The van der Waals surface area contributed by atoms with Crippen LogP contribution in [0.4, 0.5) is 0 Å². The molecule has 0 unspecified atom stereocenters. The Morgan fingerprint density at radius 1 is 1.00 bits per heavy atom. The number of epoxide rings is 1. The van der Waals surface area contributed by atoms with Gasteiger partial charge in [0.25, 0.3) is 0 Å². The summed E-state index contributed by atoms with van der Waals surface area (Å²) in [5.74, 6) is -1.87. The van der Waals surface area contributed by atoms with Gasteiger partial charge in [0, 0.05) is 18.3 Å². The Bertz CT molecular complexity index is 1190. The van der Waals surface area contributed by atoms with Crippen molar-refractivity contribution >= 4 is 23.9 Å². The van der Waals surface area contributed by atoms with Gasteiger partial charge < -0.3 is 38.3 Å². The van der Waals surface area contributed by atoms with Crippen LogP contribution in [0.3, 0.4) is 0 Å². The summed E-state index contributed by atoms with van der Waals surface area (Å²) in [6.45, 7) is 11.0. The van der Waals surface area contributed by atoms with Gasteiger partial charge in [0.15, 0.2) is 0 Å². The van der Waals surface area contributed by atoms with Crippen molar-refractivity contribution in [3.05, 3.63) is 12.3 Å². The minimum absolute atomic E-state index is 0.00364. The van der Waals surface area contributed by atoms with Crippen molar-refractivity contribution in [1.29, 1.82) is 0 Å². The van der Waals surface area contributed by atoms with Crippen LogP contribution in [0.25, 0.3) is 0 Å². The third-order valence-corrected chi connectivity index (χ3v) is 11.2. The van der Waals surface area contributed by atoms with Crippen molar-refractivity contribution < 1.29 is 57.4 Å². The molecular weight excluding hydrogens is 600 g/mol. The van der Waals surface area contributed by atoms with Crippen LogP contribution in [0.1, 0.15) is 92.9 Å². The molecule has 12 atom stereocenters. The van der Waals surface area contributed by atoms with Crippen LogP contribution in [-0.2, 0) is 52.3 Å². The fraction of sp³-hybridized carbons (Fsp3) is 0.824. The third kappa shape index (κ3) is 6.67. The van der Waals surface area contributed by atoms with E-state index in [4.69, 9.17) is 33.2 Å². The predicted octanol–water partition coefficient (Wildman–Crippen LogP) is 3.75. The summed E-state index contributed by atoms with van der Waals surface area (Å²) in [7, 11) is 0. The van der Waals surface area contributed by atoms with E-state index in [0.717, 1.165) is 25.7 Å². The molecule has 12 nitrogen and oxygen atoms in total. The molecule has 0 aromatic heterocycles. The number of aliphatic hydroxyl groups excluding tert-OH is 1. The number of ether oxygens (including phenoxy) is 7. The van der Waals surface area contributed by atoms with Gasteiger partial charge in [-0.2, -0.15) is 0 Å². The number of fused-ring (bicyclic) bond motifs is 3. The van der Waals surface area contributed by atoms with Gasteiger partial charge in [-0.05, 0) is 64.4 Å². The molecule has 1 spiro atoms. The molecule has 2 saturated carbocycles. The van der Waals surface area contributed by atoms with Gasteiger partial charge in [-0.15, -0.1) is 0 Å². The minimum Gasteiger partial charge on any atom is -0.472 e. The summed E-state index contributed by atoms with van der Waals surface area (Å²) >= 11 is 0. The average Bonchev–Trinajstić information content (AvgIpc) is 3.38. The monoisotopic (exact) mass is 650 g/mol. The maximum atomic E-state index is 13.3. The molecule has 5 rings (SSSR count). The summed E-state index contributed by atoms with van der Waals surface area (Å²) in [6.07, 6.45) is 3.89. The van der Waals surface area contributed by atoms with Gasteiger partial charge >= 0.3 is 23.9 Å². The zero-order valence-electron chi connectivity index (χ0n) is 27.9. The van der Waals surface area contributed by atoms with E-state index < -0.39 is 53.3 Å². The van der Waals surface area contributed by atoms with Crippen molar-refractivity contribution in [1.82, 2.24) is 0 Å². The normalized spacial score (nSPS) is 39.3. The van der Waals surface area contributed by atoms with E-state index in [-0.39, 0.29) is 67.4 Å². The molecule has 0 amide bonds. The van der Waals surface area contributed by atoms with Crippen LogP contribution < -0.4 is 0 Å². The van der Waals surface area contributed by atoms with E-state index in [1.165, 1.54) is 13.8 Å². The quantitative estimate of drug-likeness (QED) is 0.186. The predicted molar refractivity (Wildman–Crippen MR) is 160 cm³/mol. The third-order valence-electron chi connectivity index (χ3n) is 11.2. The van der Waals surface area contributed by atoms with E-state index in [1.54, 1.807) is 20.1 Å². The molecule has 0 aromatic carbocycles. The lowest BCUT2D eigenvalue weighted by molar-refractivity contribution is -0.254. The SMILES string of the molecule is CC(=O)O[C@H]1C[C@@H](C)[C@](C)([C@@H]2C[C@H]3C=CO[C@@H]3O2)[C@H]2CCC[C@]3(CO3)[C@]12COC(=O)C[C@H](C)OC(=O)C[C@H](C)OC(=O)C[C@H](C)O. The molecule has 2 saturated heterocycles. The second kappa shape index (κ2) is 13.4. The highest BCUT2D eigenvalue weighted by Gasteiger charge is 2.76. The first-order chi connectivity index (χ1) is 21.7. The van der Waals surface area contributed by atoms with Gasteiger partial charge in [0.05, 0.1) is 49.8 Å². The maximum absolute atomic E-state index is 13.3. The maximum Gasteiger partial charge on any atom is 0.309 e. The number of carbonyl (C=O) groups is 4. The van der Waals surface area contributed by atoms with Gasteiger partial charge in [0.2, 0.25) is 6.29 Å². The van der Waals surface area contributed by atoms with Crippen LogP contribution in [0.2, 0.25) is 0 Å². The lowest BCUT2D eigenvalue weighted by Crippen LogP contribution is -2.69. The van der Waals surface area contributed by atoms with Gasteiger partial charge in [0.1, 0.15) is 30.5 Å². The van der Waals surface area contributed by atoms with Crippen molar-refractivity contribution in [2.45, 2.75) is 135 Å². The molecule has 5 aliphatic rings. The standard InChI is InChI=1S/C34H50O12/c1-19-12-27(45-23(5)36)34(18-41-28(37)14-21(3)44-30(39)15-22(4)43-29(38)13-20(2)35)25(8-7-10-33(34)17-42-33)32(19,6)26-16-24-9-11-40-31(24)46-26/h9,11,19-22,24-27,31,35H,7-8,10,12-18H2,1-6H3/t19-,20+,21+,22+,24-,25-,26+,27+,31-,32+,33+,34+/m1/s1. The number of rotatable bonds is 12. The molecule has 0 bridgehead atoms. The van der Waals surface area contributed by atoms with E-state index >= 15 is 0 Å². The topological polar surface area (TPSA) is 156 Å².